The molecule has 92 valence electrons. The maximum atomic E-state index is 10.6. The second kappa shape index (κ2) is 4.48. The third-order valence-electron chi connectivity index (χ3n) is 2.87. The van der Waals surface area contributed by atoms with Gasteiger partial charge in [0.15, 0.2) is 0 Å². The van der Waals surface area contributed by atoms with E-state index in [0.29, 0.717) is 0 Å². The SMILES string of the molecule is Bc1ccc2nc(-c3ccc([N+](=O)[O-])cc3)sc2c1. The number of benzene rings is 2. The van der Waals surface area contributed by atoms with Crippen molar-refractivity contribution >= 4 is 40.5 Å². The average molecular weight is 268 g/mol. The van der Waals surface area contributed by atoms with Gasteiger partial charge in [-0.25, -0.2) is 4.98 Å². The van der Waals surface area contributed by atoms with Gasteiger partial charge >= 0.3 is 0 Å². The first-order valence-corrected chi connectivity index (χ1v) is 6.57. The van der Waals surface area contributed by atoms with Crippen molar-refractivity contribution in [1.82, 2.24) is 4.98 Å². The summed E-state index contributed by atoms with van der Waals surface area (Å²) in [5.41, 5.74) is 3.17. The predicted octanol–water partition coefficient (Wildman–Crippen LogP) is 2.13. The van der Waals surface area contributed by atoms with E-state index in [1.807, 2.05) is 20.0 Å². The van der Waals surface area contributed by atoms with E-state index in [4.69, 9.17) is 0 Å². The predicted molar refractivity (Wildman–Crippen MR) is 79.9 cm³/mol. The molecule has 0 aliphatic rings. The van der Waals surface area contributed by atoms with E-state index in [2.05, 4.69) is 11.1 Å². The van der Waals surface area contributed by atoms with Gasteiger partial charge in [-0.3, -0.25) is 10.1 Å². The van der Waals surface area contributed by atoms with Gasteiger partial charge in [-0.2, -0.15) is 0 Å². The van der Waals surface area contributed by atoms with Crippen LogP contribution in [0.2, 0.25) is 0 Å². The Bertz CT molecular complexity index is 768. The van der Waals surface area contributed by atoms with Crippen LogP contribution in [0, 0.1) is 10.1 Å². The molecule has 0 saturated heterocycles. The van der Waals surface area contributed by atoms with E-state index in [-0.39, 0.29) is 5.69 Å². The standard InChI is InChI=1S/C13H9BN2O2S/c14-9-3-6-11-12(7-9)19-13(15-11)8-1-4-10(5-2-8)16(17)18/h1-7H,14H2. The maximum absolute atomic E-state index is 10.6. The van der Waals surface area contributed by atoms with Crippen molar-refractivity contribution in [1.29, 1.82) is 0 Å². The summed E-state index contributed by atoms with van der Waals surface area (Å²) < 4.78 is 1.13. The Morgan fingerprint density at radius 2 is 1.89 bits per heavy atom. The molecule has 6 heteroatoms. The zero-order chi connectivity index (χ0) is 13.4. The fraction of sp³-hybridized carbons (Fsp3) is 0. The molecule has 2 aromatic carbocycles. The number of nitro benzene ring substituents is 1. The lowest BCUT2D eigenvalue weighted by atomic mass is 9.97. The van der Waals surface area contributed by atoms with Gasteiger partial charge in [0, 0.05) is 17.7 Å². The van der Waals surface area contributed by atoms with Crippen LogP contribution in [-0.2, 0) is 0 Å². The van der Waals surface area contributed by atoms with Gasteiger partial charge in [-0.15, -0.1) is 11.3 Å². The number of nitro groups is 1. The highest BCUT2D eigenvalue weighted by Gasteiger charge is 2.09. The van der Waals surface area contributed by atoms with Crippen LogP contribution >= 0.6 is 11.3 Å². The summed E-state index contributed by atoms with van der Waals surface area (Å²) in [7, 11) is 2.05. The van der Waals surface area contributed by atoms with E-state index in [1.165, 1.54) is 17.6 Å². The molecule has 0 atom stereocenters. The first-order chi connectivity index (χ1) is 9.13. The highest BCUT2D eigenvalue weighted by atomic mass is 32.1. The molecule has 0 saturated carbocycles. The monoisotopic (exact) mass is 268 g/mol. The number of non-ortho nitro benzene ring substituents is 1. The molecule has 0 aliphatic heterocycles. The number of aromatic nitrogens is 1. The number of thiazole rings is 1. The second-order valence-corrected chi connectivity index (χ2v) is 5.32. The zero-order valence-electron chi connectivity index (χ0n) is 10.2. The Kier molecular flexibility index (Phi) is 2.79. The summed E-state index contributed by atoms with van der Waals surface area (Å²) in [4.78, 5) is 14.8. The van der Waals surface area contributed by atoms with Crippen molar-refractivity contribution in [3.63, 3.8) is 0 Å². The second-order valence-electron chi connectivity index (χ2n) is 4.29. The molecule has 3 aromatic rings. The van der Waals surface area contributed by atoms with Gasteiger partial charge in [0.05, 0.1) is 15.1 Å². The molecule has 0 amide bonds. The highest BCUT2D eigenvalue weighted by molar-refractivity contribution is 7.21. The summed E-state index contributed by atoms with van der Waals surface area (Å²) in [6, 6.07) is 12.6. The largest absolute Gasteiger partial charge is 0.269 e. The Hall–Kier alpha value is -2.21. The average Bonchev–Trinajstić information content (AvgIpc) is 2.81. The fourth-order valence-corrected chi connectivity index (χ4v) is 2.95. The fourth-order valence-electron chi connectivity index (χ4n) is 1.88. The molecular weight excluding hydrogens is 259 g/mol. The van der Waals surface area contributed by atoms with Gasteiger partial charge in [0.1, 0.15) is 12.9 Å². The van der Waals surface area contributed by atoms with Crippen LogP contribution < -0.4 is 5.46 Å². The molecule has 1 heterocycles. The smallest absolute Gasteiger partial charge is 0.258 e. The molecule has 3 rings (SSSR count). The van der Waals surface area contributed by atoms with E-state index in [9.17, 15) is 10.1 Å². The lowest BCUT2D eigenvalue weighted by Gasteiger charge is -1.95. The van der Waals surface area contributed by atoms with Gasteiger partial charge in [0.2, 0.25) is 0 Å². The summed E-state index contributed by atoms with van der Waals surface area (Å²) in [5.74, 6) is 0. The van der Waals surface area contributed by atoms with E-state index >= 15 is 0 Å². The molecule has 0 fully saturated rings. The van der Waals surface area contributed by atoms with Crippen LogP contribution in [0.25, 0.3) is 20.8 Å². The number of fused-ring (bicyclic) bond motifs is 1. The third-order valence-corrected chi connectivity index (χ3v) is 3.94. The Balaban J connectivity index is 2.06. The summed E-state index contributed by atoms with van der Waals surface area (Å²) in [5, 5.41) is 11.5. The first-order valence-electron chi connectivity index (χ1n) is 5.75. The number of nitrogens with zero attached hydrogens (tertiary/aromatic N) is 2. The summed E-state index contributed by atoms with van der Waals surface area (Å²) in [6.07, 6.45) is 0. The molecule has 0 N–H and O–H groups in total. The van der Waals surface area contributed by atoms with Gasteiger partial charge < -0.3 is 0 Å². The van der Waals surface area contributed by atoms with Crippen molar-refractivity contribution < 1.29 is 4.92 Å². The Labute approximate surface area is 114 Å². The molecular formula is C13H9BN2O2S. The van der Waals surface area contributed by atoms with Gasteiger partial charge in [-0.1, -0.05) is 11.5 Å². The number of hydrogen-bond donors (Lipinski definition) is 0. The minimum atomic E-state index is -0.397. The van der Waals surface area contributed by atoms with E-state index in [1.54, 1.807) is 23.5 Å². The molecule has 0 aliphatic carbocycles. The zero-order valence-corrected chi connectivity index (χ0v) is 11.0. The molecule has 0 unspecified atom stereocenters. The first kappa shape index (κ1) is 11.9. The molecule has 19 heavy (non-hydrogen) atoms. The lowest BCUT2D eigenvalue weighted by molar-refractivity contribution is -0.384. The summed E-state index contributed by atoms with van der Waals surface area (Å²) in [6.45, 7) is 0. The van der Waals surface area contributed by atoms with E-state index < -0.39 is 4.92 Å². The van der Waals surface area contributed by atoms with Crippen LogP contribution in [0.4, 0.5) is 5.69 Å². The topological polar surface area (TPSA) is 56.0 Å². The molecule has 0 spiro atoms. The van der Waals surface area contributed by atoms with E-state index in [0.717, 1.165) is 20.8 Å². The molecule has 4 nitrogen and oxygen atoms in total. The quantitative estimate of drug-likeness (QED) is 0.406. The number of hydrogen-bond acceptors (Lipinski definition) is 4. The van der Waals surface area contributed by atoms with Crippen molar-refractivity contribution in [3.05, 3.63) is 52.6 Å². The van der Waals surface area contributed by atoms with Crippen molar-refractivity contribution in [2.45, 2.75) is 0 Å². The molecule has 0 radical (unpaired) electrons. The van der Waals surface area contributed by atoms with Crippen molar-refractivity contribution in [2.24, 2.45) is 0 Å². The Morgan fingerprint density at radius 3 is 2.58 bits per heavy atom. The highest BCUT2D eigenvalue weighted by Crippen LogP contribution is 2.30. The van der Waals surface area contributed by atoms with Gasteiger partial charge in [-0.05, 0) is 24.3 Å². The van der Waals surface area contributed by atoms with Crippen molar-refractivity contribution in [3.8, 4) is 10.6 Å². The Morgan fingerprint density at radius 1 is 1.16 bits per heavy atom. The minimum Gasteiger partial charge on any atom is -0.258 e. The normalized spacial score (nSPS) is 10.7. The van der Waals surface area contributed by atoms with Gasteiger partial charge in [0.25, 0.3) is 5.69 Å². The van der Waals surface area contributed by atoms with Crippen molar-refractivity contribution in [2.75, 3.05) is 0 Å². The molecule has 1 aromatic heterocycles. The van der Waals surface area contributed by atoms with Crippen LogP contribution in [0.5, 0.6) is 0 Å². The number of rotatable bonds is 2. The summed E-state index contributed by atoms with van der Waals surface area (Å²) >= 11 is 1.60. The molecule has 0 bridgehead atoms. The van der Waals surface area contributed by atoms with Crippen LogP contribution in [0.15, 0.2) is 42.5 Å². The van der Waals surface area contributed by atoms with Crippen LogP contribution in [0.3, 0.4) is 0 Å². The minimum absolute atomic E-state index is 0.0979. The maximum Gasteiger partial charge on any atom is 0.269 e. The van der Waals surface area contributed by atoms with Crippen LogP contribution in [0.1, 0.15) is 0 Å². The van der Waals surface area contributed by atoms with Crippen LogP contribution in [-0.4, -0.2) is 17.8 Å². The lowest BCUT2D eigenvalue weighted by Crippen LogP contribution is -1.98. The third kappa shape index (κ3) is 2.22.